The van der Waals surface area contributed by atoms with Gasteiger partial charge in [-0.15, -0.1) is 0 Å². The van der Waals surface area contributed by atoms with E-state index in [1.54, 1.807) is 18.7 Å². The second kappa shape index (κ2) is 6.07. The third kappa shape index (κ3) is 3.89. The number of carbonyl (C=O) groups excluding carboxylic acids is 1. The lowest BCUT2D eigenvalue weighted by atomic mass is 10.00. The average molecular weight is 256 g/mol. The van der Waals surface area contributed by atoms with Crippen LogP contribution in [0.15, 0.2) is 0 Å². The van der Waals surface area contributed by atoms with E-state index in [1.165, 1.54) is 12.8 Å². The first-order valence-electron chi connectivity index (χ1n) is 6.73. The Morgan fingerprint density at radius 3 is 2.39 bits per heavy atom. The van der Waals surface area contributed by atoms with Crippen molar-refractivity contribution in [1.82, 2.24) is 10.2 Å². The predicted octanol–water partition coefficient (Wildman–Crippen LogP) is 2.07. The third-order valence-corrected chi connectivity index (χ3v) is 3.52. The molecule has 1 unspecified atom stereocenters. The predicted molar refractivity (Wildman–Crippen MR) is 69.5 cm³/mol. The number of amides is 2. The standard InChI is InChI=1S/C13H24N2O3/c1-4-8-15(9-10-6-7-10)12(18)14-13(3,5-2)11(16)17/h10H,4-9H2,1-3H3,(H,14,18)(H,16,17). The highest BCUT2D eigenvalue weighted by Crippen LogP contribution is 2.29. The average Bonchev–Trinajstić information content (AvgIpc) is 3.11. The molecule has 0 aliphatic heterocycles. The molecule has 18 heavy (non-hydrogen) atoms. The Bertz CT molecular complexity index is 315. The number of carbonyl (C=O) groups is 2. The highest BCUT2D eigenvalue weighted by Gasteiger charge is 2.35. The highest BCUT2D eigenvalue weighted by atomic mass is 16.4. The van der Waals surface area contributed by atoms with Crippen molar-refractivity contribution in [2.45, 2.75) is 52.0 Å². The number of hydrogen-bond donors (Lipinski definition) is 2. The smallest absolute Gasteiger partial charge is 0.329 e. The van der Waals surface area contributed by atoms with Crippen molar-refractivity contribution in [1.29, 1.82) is 0 Å². The van der Waals surface area contributed by atoms with Crippen LogP contribution in [0.1, 0.15) is 46.5 Å². The maximum atomic E-state index is 12.1. The van der Waals surface area contributed by atoms with Crippen molar-refractivity contribution in [3.63, 3.8) is 0 Å². The summed E-state index contributed by atoms with van der Waals surface area (Å²) in [5.41, 5.74) is -1.17. The second-order valence-corrected chi connectivity index (χ2v) is 5.31. The van der Waals surface area contributed by atoms with Gasteiger partial charge in [0.15, 0.2) is 0 Å². The number of carboxylic acid groups (broad SMARTS) is 1. The number of urea groups is 1. The lowest BCUT2D eigenvalue weighted by Gasteiger charge is -2.30. The Kier molecular flexibility index (Phi) is 4.99. The topological polar surface area (TPSA) is 69.6 Å². The van der Waals surface area contributed by atoms with Gasteiger partial charge in [0.25, 0.3) is 0 Å². The van der Waals surface area contributed by atoms with E-state index >= 15 is 0 Å². The van der Waals surface area contributed by atoms with Gasteiger partial charge in [-0.25, -0.2) is 9.59 Å². The van der Waals surface area contributed by atoms with Crippen LogP contribution in [0.5, 0.6) is 0 Å². The molecule has 0 radical (unpaired) electrons. The fraction of sp³-hybridized carbons (Fsp3) is 0.846. The van der Waals surface area contributed by atoms with Crippen molar-refractivity contribution in [3.8, 4) is 0 Å². The van der Waals surface area contributed by atoms with Crippen molar-refractivity contribution >= 4 is 12.0 Å². The number of carboxylic acids is 1. The van der Waals surface area contributed by atoms with Crippen LogP contribution in [-0.4, -0.2) is 40.6 Å². The molecule has 1 fully saturated rings. The molecule has 1 rings (SSSR count). The fourth-order valence-electron chi connectivity index (χ4n) is 1.77. The van der Waals surface area contributed by atoms with Crippen LogP contribution in [0.2, 0.25) is 0 Å². The first-order chi connectivity index (χ1) is 8.42. The number of nitrogens with one attached hydrogen (secondary N) is 1. The maximum absolute atomic E-state index is 12.1. The molecule has 5 heteroatoms. The van der Waals surface area contributed by atoms with E-state index in [-0.39, 0.29) is 6.03 Å². The largest absolute Gasteiger partial charge is 0.480 e. The van der Waals surface area contributed by atoms with Gasteiger partial charge in [0.1, 0.15) is 5.54 Å². The van der Waals surface area contributed by atoms with Gasteiger partial charge >= 0.3 is 12.0 Å². The Labute approximate surface area is 109 Å². The van der Waals surface area contributed by atoms with Crippen molar-refractivity contribution in [2.24, 2.45) is 5.92 Å². The molecule has 1 aliphatic rings. The van der Waals surface area contributed by atoms with Crippen LogP contribution in [0.25, 0.3) is 0 Å². The zero-order valence-electron chi connectivity index (χ0n) is 11.5. The van der Waals surface area contributed by atoms with Crippen LogP contribution < -0.4 is 5.32 Å². The lowest BCUT2D eigenvalue weighted by Crippen LogP contribution is -2.56. The van der Waals surface area contributed by atoms with Gasteiger partial charge in [-0.05, 0) is 38.5 Å². The molecule has 0 aromatic rings. The van der Waals surface area contributed by atoms with Gasteiger partial charge in [0.2, 0.25) is 0 Å². The molecule has 1 saturated carbocycles. The second-order valence-electron chi connectivity index (χ2n) is 5.31. The summed E-state index contributed by atoms with van der Waals surface area (Å²) in [4.78, 5) is 25.0. The van der Waals surface area contributed by atoms with Crippen molar-refractivity contribution < 1.29 is 14.7 Å². The Balaban J connectivity index is 2.61. The molecule has 1 atom stereocenters. The van der Waals surface area contributed by atoms with Crippen LogP contribution in [0, 0.1) is 5.92 Å². The van der Waals surface area contributed by atoms with Gasteiger partial charge in [-0.1, -0.05) is 13.8 Å². The van der Waals surface area contributed by atoms with Crippen LogP contribution in [-0.2, 0) is 4.79 Å². The van der Waals surface area contributed by atoms with Gasteiger partial charge in [0.05, 0.1) is 0 Å². The summed E-state index contributed by atoms with van der Waals surface area (Å²) in [5, 5.41) is 11.8. The molecule has 5 nitrogen and oxygen atoms in total. The first kappa shape index (κ1) is 14.8. The summed E-state index contributed by atoms with van der Waals surface area (Å²) in [5.74, 6) is -0.374. The Hall–Kier alpha value is -1.26. The molecule has 0 aromatic carbocycles. The Morgan fingerprint density at radius 2 is 2.00 bits per heavy atom. The van der Waals surface area contributed by atoms with E-state index in [0.717, 1.165) is 13.0 Å². The quantitative estimate of drug-likeness (QED) is 0.732. The molecule has 2 N–H and O–H groups in total. The molecule has 0 heterocycles. The third-order valence-electron chi connectivity index (χ3n) is 3.52. The molecule has 1 aliphatic carbocycles. The van der Waals surface area contributed by atoms with Crippen molar-refractivity contribution in [2.75, 3.05) is 13.1 Å². The first-order valence-corrected chi connectivity index (χ1v) is 6.73. The molecule has 2 amide bonds. The van der Waals surface area contributed by atoms with Gasteiger partial charge < -0.3 is 15.3 Å². The highest BCUT2D eigenvalue weighted by molar-refractivity contribution is 5.85. The Morgan fingerprint density at radius 1 is 1.39 bits per heavy atom. The minimum absolute atomic E-state index is 0.254. The molecule has 104 valence electrons. The summed E-state index contributed by atoms with van der Waals surface area (Å²) >= 11 is 0. The van der Waals surface area contributed by atoms with E-state index in [4.69, 9.17) is 5.11 Å². The van der Waals surface area contributed by atoms with E-state index < -0.39 is 11.5 Å². The molecular formula is C13H24N2O3. The minimum atomic E-state index is -1.17. The van der Waals surface area contributed by atoms with Crippen LogP contribution in [0.3, 0.4) is 0 Å². The van der Waals surface area contributed by atoms with Gasteiger partial charge in [-0.3, -0.25) is 0 Å². The zero-order valence-corrected chi connectivity index (χ0v) is 11.5. The molecule has 0 saturated heterocycles. The normalized spacial score (nSPS) is 17.9. The number of rotatable bonds is 7. The molecule has 0 bridgehead atoms. The molecule has 0 spiro atoms. The number of nitrogens with zero attached hydrogens (tertiary/aromatic N) is 1. The van der Waals surface area contributed by atoms with Crippen LogP contribution in [0.4, 0.5) is 4.79 Å². The summed E-state index contributed by atoms with van der Waals surface area (Å²) in [6, 6.07) is -0.254. The van der Waals surface area contributed by atoms with E-state index in [0.29, 0.717) is 18.9 Å². The van der Waals surface area contributed by atoms with Gasteiger partial charge in [0, 0.05) is 13.1 Å². The summed E-state index contributed by atoms with van der Waals surface area (Å²) in [7, 11) is 0. The van der Waals surface area contributed by atoms with Crippen molar-refractivity contribution in [3.05, 3.63) is 0 Å². The SMILES string of the molecule is CCCN(CC1CC1)C(=O)NC(C)(CC)C(=O)O. The fourth-order valence-corrected chi connectivity index (χ4v) is 1.77. The van der Waals surface area contributed by atoms with E-state index in [2.05, 4.69) is 5.32 Å². The summed E-state index contributed by atoms with van der Waals surface area (Å²) in [6.07, 6.45) is 3.61. The van der Waals surface area contributed by atoms with E-state index in [1.807, 2.05) is 6.92 Å². The summed E-state index contributed by atoms with van der Waals surface area (Å²) < 4.78 is 0. The number of aliphatic carboxylic acids is 1. The van der Waals surface area contributed by atoms with Crippen LogP contribution >= 0.6 is 0 Å². The summed E-state index contributed by atoms with van der Waals surface area (Å²) in [6.45, 7) is 6.76. The minimum Gasteiger partial charge on any atom is -0.480 e. The lowest BCUT2D eigenvalue weighted by molar-refractivity contribution is -0.143. The number of hydrogen-bond acceptors (Lipinski definition) is 2. The molecular weight excluding hydrogens is 232 g/mol. The monoisotopic (exact) mass is 256 g/mol. The zero-order chi connectivity index (χ0) is 13.8. The van der Waals surface area contributed by atoms with E-state index in [9.17, 15) is 9.59 Å². The van der Waals surface area contributed by atoms with Gasteiger partial charge in [-0.2, -0.15) is 0 Å². The maximum Gasteiger partial charge on any atom is 0.329 e. The molecule has 0 aromatic heterocycles.